The third kappa shape index (κ3) is 3.58. The van der Waals surface area contributed by atoms with Gasteiger partial charge in [-0.25, -0.2) is 8.42 Å². The highest BCUT2D eigenvalue weighted by Gasteiger charge is 2.08. The van der Waals surface area contributed by atoms with Crippen LogP contribution in [0.1, 0.15) is 12.5 Å². The molecule has 0 bridgehead atoms. The van der Waals surface area contributed by atoms with Crippen LogP contribution in [0.15, 0.2) is 17.1 Å². The topological polar surface area (TPSA) is 56.1 Å². The number of halogens is 1. The Morgan fingerprint density at radius 3 is 2.62 bits per heavy atom. The smallest absolute Gasteiger partial charge is 0.250 e. The molecule has 6 heteroatoms. The molecule has 0 aliphatic carbocycles. The van der Waals surface area contributed by atoms with Crippen molar-refractivity contribution >= 4 is 32.4 Å². The van der Waals surface area contributed by atoms with Gasteiger partial charge in [-0.1, -0.05) is 6.92 Å². The fraction of sp³-hybridized carbons (Fsp3) is 0.500. The second kappa shape index (κ2) is 5.31. The number of aryl methyl sites for hydroxylation is 2. The molecule has 0 aromatic carbocycles. The molecule has 90 valence electrons. The molecule has 0 N–H and O–H groups in total. The van der Waals surface area contributed by atoms with E-state index in [4.69, 9.17) is 0 Å². The van der Waals surface area contributed by atoms with Crippen LogP contribution >= 0.6 is 22.6 Å². The molecule has 0 saturated carbocycles. The predicted octanol–water partition coefficient (Wildman–Crippen LogP) is 1.20. The highest BCUT2D eigenvalue weighted by molar-refractivity contribution is 14.1. The van der Waals surface area contributed by atoms with Gasteiger partial charge in [0.2, 0.25) is 0 Å². The Balaban J connectivity index is 2.91. The van der Waals surface area contributed by atoms with Crippen LogP contribution in [0.3, 0.4) is 0 Å². The SMILES string of the molecule is CCS(=O)(=O)CCn1cc(I)c(C)cc1=O. The summed E-state index contributed by atoms with van der Waals surface area (Å²) in [5, 5.41) is 0. The summed E-state index contributed by atoms with van der Waals surface area (Å²) in [5.41, 5.74) is 0.768. The third-order valence-corrected chi connectivity index (χ3v) is 5.17. The normalized spacial score (nSPS) is 11.7. The summed E-state index contributed by atoms with van der Waals surface area (Å²) in [4.78, 5) is 11.6. The molecule has 0 saturated heterocycles. The van der Waals surface area contributed by atoms with Crippen molar-refractivity contribution in [2.24, 2.45) is 0 Å². The highest BCUT2D eigenvalue weighted by atomic mass is 127. The molecule has 0 radical (unpaired) electrons. The average Bonchev–Trinajstić information content (AvgIpc) is 2.22. The summed E-state index contributed by atoms with van der Waals surface area (Å²) >= 11 is 2.13. The molecule has 0 unspecified atom stereocenters. The predicted molar refractivity (Wildman–Crippen MR) is 72.5 cm³/mol. The van der Waals surface area contributed by atoms with Gasteiger partial charge < -0.3 is 4.57 Å². The molecule has 16 heavy (non-hydrogen) atoms. The van der Waals surface area contributed by atoms with Crippen LogP contribution in [0, 0.1) is 10.5 Å². The second-order valence-corrected chi connectivity index (χ2v) is 7.21. The number of sulfone groups is 1. The van der Waals surface area contributed by atoms with Gasteiger partial charge in [-0.05, 0) is 35.1 Å². The summed E-state index contributed by atoms with van der Waals surface area (Å²) < 4.78 is 25.0. The molecule has 0 amide bonds. The van der Waals surface area contributed by atoms with Crippen molar-refractivity contribution in [2.75, 3.05) is 11.5 Å². The van der Waals surface area contributed by atoms with Crippen molar-refractivity contribution in [3.05, 3.63) is 31.8 Å². The van der Waals surface area contributed by atoms with E-state index >= 15 is 0 Å². The third-order valence-electron chi connectivity index (χ3n) is 2.35. The zero-order valence-corrected chi connectivity index (χ0v) is 12.2. The van der Waals surface area contributed by atoms with Crippen LogP contribution in [0.2, 0.25) is 0 Å². The molecule has 0 fully saturated rings. The van der Waals surface area contributed by atoms with Gasteiger partial charge in [0.15, 0.2) is 9.84 Å². The lowest BCUT2D eigenvalue weighted by molar-refractivity contribution is 0.588. The van der Waals surface area contributed by atoms with Crippen molar-refractivity contribution in [3.8, 4) is 0 Å². The van der Waals surface area contributed by atoms with E-state index in [-0.39, 0.29) is 23.6 Å². The molecular formula is C10H14INO3S. The summed E-state index contributed by atoms with van der Waals surface area (Å²) in [5.74, 6) is 0.132. The van der Waals surface area contributed by atoms with Gasteiger partial charge in [0.05, 0.1) is 5.75 Å². The van der Waals surface area contributed by atoms with Crippen molar-refractivity contribution < 1.29 is 8.42 Å². The summed E-state index contributed by atoms with van der Waals surface area (Å²) in [6, 6.07) is 1.53. The maximum absolute atomic E-state index is 11.6. The van der Waals surface area contributed by atoms with E-state index in [1.54, 1.807) is 13.1 Å². The summed E-state index contributed by atoms with van der Waals surface area (Å²) in [6.45, 7) is 3.69. The largest absolute Gasteiger partial charge is 0.313 e. The Morgan fingerprint density at radius 2 is 2.06 bits per heavy atom. The Labute approximate surface area is 109 Å². The number of hydrogen-bond donors (Lipinski definition) is 0. The van der Waals surface area contributed by atoms with Crippen molar-refractivity contribution in [1.29, 1.82) is 0 Å². The molecule has 0 aliphatic rings. The number of nitrogens with zero attached hydrogens (tertiary/aromatic N) is 1. The molecule has 1 aromatic rings. The van der Waals surface area contributed by atoms with E-state index in [0.29, 0.717) is 0 Å². The lowest BCUT2D eigenvalue weighted by atomic mass is 10.3. The number of hydrogen-bond acceptors (Lipinski definition) is 3. The quantitative estimate of drug-likeness (QED) is 0.763. The van der Waals surface area contributed by atoms with Crippen molar-refractivity contribution in [2.45, 2.75) is 20.4 Å². The number of aromatic nitrogens is 1. The zero-order chi connectivity index (χ0) is 12.3. The molecule has 1 aromatic heterocycles. The number of rotatable bonds is 4. The maximum Gasteiger partial charge on any atom is 0.250 e. The van der Waals surface area contributed by atoms with E-state index in [9.17, 15) is 13.2 Å². The van der Waals surface area contributed by atoms with Crippen LogP contribution < -0.4 is 5.56 Å². The second-order valence-electron chi connectivity index (χ2n) is 3.57. The minimum absolute atomic E-state index is 0.0164. The molecular weight excluding hydrogens is 341 g/mol. The van der Waals surface area contributed by atoms with E-state index in [2.05, 4.69) is 22.6 Å². The van der Waals surface area contributed by atoms with Crippen LogP contribution in [-0.2, 0) is 16.4 Å². The first-order valence-electron chi connectivity index (χ1n) is 4.92. The zero-order valence-electron chi connectivity index (χ0n) is 9.23. The first-order valence-corrected chi connectivity index (χ1v) is 7.83. The first kappa shape index (κ1) is 13.7. The Morgan fingerprint density at radius 1 is 1.44 bits per heavy atom. The lowest BCUT2D eigenvalue weighted by Crippen LogP contribution is -2.24. The molecule has 1 rings (SSSR count). The molecule has 1 heterocycles. The van der Waals surface area contributed by atoms with Gasteiger partial charge in [0.25, 0.3) is 5.56 Å². The average molecular weight is 355 g/mol. The monoisotopic (exact) mass is 355 g/mol. The number of pyridine rings is 1. The highest BCUT2D eigenvalue weighted by Crippen LogP contribution is 2.07. The maximum atomic E-state index is 11.6. The molecule has 0 aliphatic heterocycles. The molecule has 0 atom stereocenters. The van der Waals surface area contributed by atoms with Gasteiger partial charge in [-0.2, -0.15) is 0 Å². The molecule has 0 spiro atoms. The van der Waals surface area contributed by atoms with E-state index in [0.717, 1.165) is 9.13 Å². The Bertz CT molecular complexity index is 533. The Kier molecular flexibility index (Phi) is 4.54. The summed E-state index contributed by atoms with van der Waals surface area (Å²) in [6.07, 6.45) is 1.70. The summed E-state index contributed by atoms with van der Waals surface area (Å²) in [7, 11) is -3.02. The van der Waals surface area contributed by atoms with Gasteiger partial charge in [0.1, 0.15) is 0 Å². The minimum Gasteiger partial charge on any atom is -0.313 e. The fourth-order valence-corrected chi connectivity index (χ4v) is 2.45. The minimum atomic E-state index is -3.02. The van der Waals surface area contributed by atoms with Crippen LogP contribution in [0.25, 0.3) is 0 Å². The van der Waals surface area contributed by atoms with Crippen LogP contribution in [0.4, 0.5) is 0 Å². The van der Waals surface area contributed by atoms with E-state index in [1.807, 2.05) is 6.92 Å². The first-order chi connectivity index (χ1) is 7.35. The van der Waals surface area contributed by atoms with Gasteiger partial charge in [-0.15, -0.1) is 0 Å². The standard InChI is InChI=1S/C10H14INO3S/c1-3-16(14,15)5-4-12-7-9(11)8(2)6-10(12)13/h6-7H,3-5H2,1-2H3. The molecule has 4 nitrogen and oxygen atoms in total. The van der Waals surface area contributed by atoms with E-state index < -0.39 is 9.84 Å². The van der Waals surface area contributed by atoms with Crippen LogP contribution in [0.5, 0.6) is 0 Å². The van der Waals surface area contributed by atoms with Crippen molar-refractivity contribution in [1.82, 2.24) is 4.57 Å². The van der Waals surface area contributed by atoms with Gasteiger partial charge in [-0.3, -0.25) is 4.79 Å². The Hall–Kier alpha value is -0.370. The van der Waals surface area contributed by atoms with Gasteiger partial charge >= 0.3 is 0 Å². The lowest BCUT2D eigenvalue weighted by Gasteiger charge is -2.07. The fourth-order valence-electron chi connectivity index (χ4n) is 1.20. The van der Waals surface area contributed by atoms with Crippen molar-refractivity contribution in [3.63, 3.8) is 0 Å². The van der Waals surface area contributed by atoms with Crippen LogP contribution in [-0.4, -0.2) is 24.5 Å². The van der Waals surface area contributed by atoms with Gasteiger partial charge in [0, 0.05) is 28.1 Å². The van der Waals surface area contributed by atoms with E-state index in [1.165, 1.54) is 10.6 Å².